The van der Waals surface area contributed by atoms with Crippen molar-refractivity contribution in [2.75, 3.05) is 11.2 Å². The Hall–Kier alpha value is -1.50. The Balaban J connectivity index is 2.33. The number of rotatable bonds is 5. The zero-order valence-electron chi connectivity index (χ0n) is 11.0. The molecule has 0 saturated carbocycles. The lowest BCUT2D eigenvalue weighted by atomic mass is 10.3. The minimum Gasteiger partial charge on any atom is -0.324 e. The Morgan fingerprint density at radius 2 is 1.50 bits per heavy atom. The van der Waals surface area contributed by atoms with E-state index in [-0.39, 0.29) is 4.90 Å². The fraction of sp³-hybridized carbons (Fsp3) is 0.143. The smallest absolute Gasteiger partial charge is 0.206 e. The van der Waals surface area contributed by atoms with E-state index in [0.29, 0.717) is 10.6 Å². The van der Waals surface area contributed by atoms with Gasteiger partial charge in [-0.1, -0.05) is 6.92 Å². The molecule has 6 heteroatoms. The number of nitrogen functional groups attached to an aromatic ring is 1. The van der Waals surface area contributed by atoms with Gasteiger partial charge in [0.1, 0.15) is 0 Å². The first kappa shape index (κ1) is 14.9. The molecule has 0 aliphatic rings. The van der Waals surface area contributed by atoms with E-state index in [4.69, 9.17) is 5.84 Å². The van der Waals surface area contributed by atoms with Crippen molar-refractivity contribution < 1.29 is 8.42 Å². The summed E-state index contributed by atoms with van der Waals surface area (Å²) in [7, 11) is -3.47. The predicted octanol–water partition coefficient (Wildman–Crippen LogP) is 2.92. The highest BCUT2D eigenvalue weighted by Crippen LogP contribution is 2.25. The molecule has 0 unspecified atom stereocenters. The third kappa shape index (κ3) is 3.15. The molecule has 0 saturated heterocycles. The fourth-order valence-corrected chi connectivity index (χ4v) is 3.67. The van der Waals surface area contributed by atoms with E-state index >= 15 is 0 Å². The Labute approximate surface area is 123 Å². The van der Waals surface area contributed by atoms with Crippen LogP contribution in [0.1, 0.15) is 6.92 Å². The standard InChI is InChI=1S/C14H16N2O2S2/c1-2-19-12-5-9-14(10-6-12)20(17,18)13-7-3-11(16-15)4-8-13/h3-10,16H,2,15H2,1H3. The quantitative estimate of drug-likeness (QED) is 0.505. The number of benzene rings is 2. The van der Waals surface area contributed by atoms with Gasteiger partial charge in [0.15, 0.2) is 0 Å². The van der Waals surface area contributed by atoms with Crippen molar-refractivity contribution in [3.63, 3.8) is 0 Å². The molecule has 106 valence electrons. The van der Waals surface area contributed by atoms with Crippen molar-refractivity contribution in [3.8, 4) is 0 Å². The van der Waals surface area contributed by atoms with E-state index < -0.39 is 9.84 Å². The molecule has 0 aliphatic heterocycles. The third-order valence-electron chi connectivity index (χ3n) is 2.78. The maximum Gasteiger partial charge on any atom is 0.206 e. The summed E-state index contributed by atoms with van der Waals surface area (Å²) in [6, 6.07) is 13.3. The van der Waals surface area contributed by atoms with Crippen LogP contribution in [-0.2, 0) is 9.84 Å². The number of nitrogens with two attached hydrogens (primary N) is 1. The maximum atomic E-state index is 12.4. The number of anilines is 1. The van der Waals surface area contributed by atoms with Crippen LogP contribution in [0.5, 0.6) is 0 Å². The fourth-order valence-electron chi connectivity index (χ4n) is 1.75. The van der Waals surface area contributed by atoms with Gasteiger partial charge in [0.2, 0.25) is 9.84 Å². The van der Waals surface area contributed by atoms with E-state index in [1.54, 1.807) is 48.2 Å². The summed E-state index contributed by atoms with van der Waals surface area (Å²) in [5.41, 5.74) is 3.13. The molecule has 0 heterocycles. The normalized spacial score (nSPS) is 11.3. The summed E-state index contributed by atoms with van der Waals surface area (Å²) < 4.78 is 24.9. The molecule has 3 N–H and O–H groups in total. The van der Waals surface area contributed by atoms with Gasteiger partial charge in [0, 0.05) is 10.6 Å². The van der Waals surface area contributed by atoms with Crippen molar-refractivity contribution in [2.45, 2.75) is 21.6 Å². The third-order valence-corrected chi connectivity index (χ3v) is 5.46. The van der Waals surface area contributed by atoms with Crippen LogP contribution in [0.3, 0.4) is 0 Å². The first-order chi connectivity index (χ1) is 9.57. The van der Waals surface area contributed by atoms with Crippen LogP contribution in [0.4, 0.5) is 5.69 Å². The average molecular weight is 308 g/mol. The van der Waals surface area contributed by atoms with Gasteiger partial charge in [-0.3, -0.25) is 5.84 Å². The lowest BCUT2D eigenvalue weighted by molar-refractivity contribution is 0.596. The second-order valence-electron chi connectivity index (χ2n) is 4.08. The monoisotopic (exact) mass is 308 g/mol. The van der Waals surface area contributed by atoms with Crippen LogP contribution in [0.15, 0.2) is 63.2 Å². The molecule has 20 heavy (non-hydrogen) atoms. The first-order valence-electron chi connectivity index (χ1n) is 6.12. The average Bonchev–Trinajstić information content (AvgIpc) is 2.48. The second kappa shape index (κ2) is 6.30. The highest BCUT2D eigenvalue weighted by atomic mass is 32.2. The predicted molar refractivity (Wildman–Crippen MR) is 82.5 cm³/mol. The number of thioether (sulfide) groups is 1. The van der Waals surface area contributed by atoms with Crippen LogP contribution in [0.25, 0.3) is 0 Å². The van der Waals surface area contributed by atoms with Crippen molar-refractivity contribution in [1.82, 2.24) is 0 Å². The number of hydrazine groups is 1. The molecule has 0 radical (unpaired) electrons. The van der Waals surface area contributed by atoms with Crippen LogP contribution >= 0.6 is 11.8 Å². The molecule has 0 atom stereocenters. The number of nitrogens with one attached hydrogen (secondary N) is 1. The molecule has 2 aromatic rings. The van der Waals surface area contributed by atoms with E-state index in [2.05, 4.69) is 12.3 Å². The van der Waals surface area contributed by atoms with Gasteiger partial charge < -0.3 is 5.43 Å². The summed E-state index contributed by atoms with van der Waals surface area (Å²) >= 11 is 1.68. The molecule has 0 bridgehead atoms. The van der Waals surface area contributed by atoms with Gasteiger partial charge in [-0.15, -0.1) is 11.8 Å². The number of hydrogen-bond donors (Lipinski definition) is 2. The first-order valence-corrected chi connectivity index (χ1v) is 8.59. The topological polar surface area (TPSA) is 72.2 Å². The van der Waals surface area contributed by atoms with Crippen molar-refractivity contribution in [3.05, 3.63) is 48.5 Å². The van der Waals surface area contributed by atoms with Crippen molar-refractivity contribution in [1.29, 1.82) is 0 Å². The molecule has 4 nitrogen and oxygen atoms in total. The summed E-state index contributed by atoms with van der Waals surface area (Å²) in [5, 5.41) is 0. The molecule has 0 fully saturated rings. The minimum atomic E-state index is -3.47. The van der Waals surface area contributed by atoms with Gasteiger partial charge in [-0.25, -0.2) is 8.42 Å². The Bertz CT molecular complexity index is 665. The van der Waals surface area contributed by atoms with Gasteiger partial charge >= 0.3 is 0 Å². The number of sulfone groups is 1. The Morgan fingerprint density at radius 1 is 1.00 bits per heavy atom. The summed E-state index contributed by atoms with van der Waals surface area (Å²) in [6.07, 6.45) is 0. The van der Waals surface area contributed by atoms with E-state index in [0.717, 1.165) is 10.6 Å². The largest absolute Gasteiger partial charge is 0.324 e. The molecule has 2 aromatic carbocycles. The van der Waals surface area contributed by atoms with Crippen LogP contribution in [0, 0.1) is 0 Å². The lowest BCUT2D eigenvalue weighted by Gasteiger charge is -2.07. The maximum absolute atomic E-state index is 12.4. The molecular formula is C14H16N2O2S2. The van der Waals surface area contributed by atoms with E-state index in [1.165, 1.54) is 0 Å². The van der Waals surface area contributed by atoms with Gasteiger partial charge in [0.25, 0.3) is 0 Å². The van der Waals surface area contributed by atoms with E-state index in [9.17, 15) is 8.42 Å². The zero-order chi connectivity index (χ0) is 14.6. The molecule has 0 spiro atoms. The lowest BCUT2D eigenvalue weighted by Crippen LogP contribution is -2.07. The van der Waals surface area contributed by atoms with Gasteiger partial charge in [0.05, 0.1) is 9.79 Å². The Morgan fingerprint density at radius 3 is 1.95 bits per heavy atom. The summed E-state index contributed by atoms with van der Waals surface area (Å²) in [4.78, 5) is 1.62. The van der Waals surface area contributed by atoms with Crippen LogP contribution in [-0.4, -0.2) is 14.2 Å². The molecule has 0 amide bonds. The zero-order valence-corrected chi connectivity index (χ0v) is 12.7. The summed E-state index contributed by atoms with van der Waals surface area (Å²) in [6.45, 7) is 2.06. The van der Waals surface area contributed by atoms with Gasteiger partial charge in [-0.05, 0) is 54.3 Å². The highest BCUT2D eigenvalue weighted by Gasteiger charge is 2.17. The van der Waals surface area contributed by atoms with Gasteiger partial charge in [-0.2, -0.15) is 0 Å². The SMILES string of the molecule is CCSc1ccc(S(=O)(=O)c2ccc(NN)cc2)cc1. The van der Waals surface area contributed by atoms with Crippen LogP contribution in [0.2, 0.25) is 0 Å². The molecule has 2 rings (SSSR count). The summed E-state index contributed by atoms with van der Waals surface area (Å²) in [5.74, 6) is 6.22. The van der Waals surface area contributed by atoms with E-state index in [1.807, 2.05) is 12.1 Å². The van der Waals surface area contributed by atoms with Crippen molar-refractivity contribution >= 4 is 27.3 Å². The molecule has 0 aliphatic carbocycles. The Kier molecular flexibility index (Phi) is 4.69. The van der Waals surface area contributed by atoms with Crippen molar-refractivity contribution in [2.24, 2.45) is 5.84 Å². The number of hydrogen-bond acceptors (Lipinski definition) is 5. The van der Waals surface area contributed by atoms with Crippen LogP contribution < -0.4 is 11.3 Å². The second-order valence-corrected chi connectivity index (χ2v) is 7.36. The molecule has 0 aromatic heterocycles. The highest BCUT2D eigenvalue weighted by molar-refractivity contribution is 7.99. The molecular weight excluding hydrogens is 292 g/mol. The minimum absolute atomic E-state index is 0.257.